The van der Waals surface area contributed by atoms with Crippen molar-refractivity contribution in [2.75, 3.05) is 30.4 Å². The van der Waals surface area contributed by atoms with Crippen LogP contribution in [0.3, 0.4) is 0 Å². The van der Waals surface area contributed by atoms with Crippen molar-refractivity contribution in [3.8, 4) is 5.88 Å². The number of aromatic amines is 1. The Morgan fingerprint density at radius 2 is 2.18 bits per heavy atom. The average molecular weight is 458 g/mol. The molecule has 3 fully saturated rings. The minimum Gasteiger partial charge on any atom is -0.467 e. The predicted octanol–water partition coefficient (Wildman–Crippen LogP) is 1.66. The Kier molecular flexibility index (Phi) is 4.80. The van der Waals surface area contributed by atoms with Gasteiger partial charge in [0.15, 0.2) is 6.17 Å². The Labute approximate surface area is 190 Å². The molecule has 1 saturated heterocycles. The lowest BCUT2D eigenvalue weighted by Crippen LogP contribution is -2.44. The number of hydrogen-bond donors (Lipinski definition) is 3. The number of ether oxygens (including phenoxy) is 1. The van der Waals surface area contributed by atoms with Crippen LogP contribution in [-0.4, -0.2) is 80.6 Å². The van der Waals surface area contributed by atoms with Crippen LogP contribution in [0.2, 0.25) is 0 Å². The van der Waals surface area contributed by atoms with Crippen molar-refractivity contribution in [1.29, 1.82) is 0 Å². The number of anilines is 3. The smallest absolute Gasteiger partial charge is 0.257 e. The molecule has 2 saturated carbocycles. The second-order valence-corrected chi connectivity index (χ2v) is 9.78. The van der Waals surface area contributed by atoms with Crippen LogP contribution in [0.4, 0.5) is 21.8 Å². The van der Waals surface area contributed by atoms with Crippen LogP contribution < -0.4 is 15.0 Å². The van der Waals surface area contributed by atoms with Crippen molar-refractivity contribution < 1.29 is 19.0 Å². The number of nitrogens with one attached hydrogen (secondary N) is 2. The molecule has 4 heterocycles. The number of amides is 1. The van der Waals surface area contributed by atoms with Crippen LogP contribution in [0.25, 0.3) is 0 Å². The van der Waals surface area contributed by atoms with Gasteiger partial charge in [-0.3, -0.25) is 19.7 Å². The molecule has 176 valence electrons. The van der Waals surface area contributed by atoms with Gasteiger partial charge in [0.05, 0.1) is 11.5 Å². The molecule has 0 aromatic carbocycles. The molecule has 0 radical (unpaired) electrons. The van der Waals surface area contributed by atoms with Crippen molar-refractivity contribution >= 4 is 23.4 Å². The summed E-state index contributed by atoms with van der Waals surface area (Å²) in [6.45, 7) is 0.808. The lowest BCUT2D eigenvalue weighted by molar-refractivity contribution is -0.121. The normalized spacial score (nSPS) is 30.6. The lowest BCUT2D eigenvalue weighted by atomic mass is 9.92. The van der Waals surface area contributed by atoms with E-state index in [4.69, 9.17) is 9.72 Å². The monoisotopic (exact) mass is 457 g/mol. The molecule has 2 aromatic rings. The van der Waals surface area contributed by atoms with E-state index in [9.17, 15) is 14.3 Å². The summed E-state index contributed by atoms with van der Waals surface area (Å²) in [4.78, 5) is 26.2. The summed E-state index contributed by atoms with van der Waals surface area (Å²) < 4.78 is 20.0. The molecule has 6 rings (SSSR count). The Balaban J connectivity index is 1.26. The number of halogens is 1. The fourth-order valence-corrected chi connectivity index (χ4v) is 5.46. The number of likely N-dealkylation sites (N-methyl/N-ethyl adjacent to an activating group) is 1. The van der Waals surface area contributed by atoms with Crippen molar-refractivity contribution in [1.82, 2.24) is 25.1 Å². The van der Waals surface area contributed by atoms with Crippen LogP contribution in [-0.2, 0) is 10.2 Å². The number of hydrogen-bond acceptors (Lipinski definition) is 8. The Morgan fingerprint density at radius 3 is 2.91 bits per heavy atom. The first-order chi connectivity index (χ1) is 15.9. The maximum absolute atomic E-state index is 14.2. The highest BCUT2D eigenvalue weighted by atomic mass is 19.1. The molecule has 11 heteroatoms. The molecular formula is C22H28FN7O3. The van der Waals surface area contributed by atoms with Gasteiger partial charge in [-0.1, -0.05) is 0 Å². The third kappa shape index (κ3) is 3.45. The van der Waals surface area contributed by atoms with Crippen LogP contribution in [0.1, 0.15) is 44.1 Å². The van der Waals surface area contributed by atoms with Crippen molar-refractivity contribution in [3.05, 3.63) is 18.0 Å². The predicted molar refractivity (Wildman–Crippen MR) is 117 cm³/mol. The molecule has 0 unspecified atom stereocenters. The first-order valence-corrected chi connectivity index (χ1v) is 11.6. The van der Waals surface area contributed by atoms with Gasteiger partial charge in [-0.25, -0.2) is 9.37 Å². The third-order valence-corrected chi connectivity index (χ3v) is 7.37. The van der Waals surface area contributed by atoms with Gasteiger partial charge >= 0.3 is 0 Å². The Hall–Kier alpha value is -2.79. The molecule has 2 aromatic heterocycles. The zero-order chi connectivity index (χ0) is 22.7. The maximum atomic E-state index is 14.2. The number of likely N-dealkylation sites (tertiary alicyclic amines) is 1. The summed E-state index contributed by atoms with van der Waals surface area (Å²) in [5.41, 5.74) is 0.878. The SMILES string of the molecule is CN1C[C@H](Oc2n[nH]cc2Nc2ncc3c(n2)N([C@@H]2CCC[C@@H](O)C2)C(=O)C32CC2)[C@@H](F)C1. The van der Waals surface area contributed by atoms with Crippen LogP contribution in [0.15, 0.2) is 12.4 Å². The fraction of sp³-hybridized carbons (Fsp3) is 0.636. The van der Waals surface area contributed by atoms with Gasteiger partial charge in [-0.2, -0.15) is 4.98 Å². The number of aliphatic hydroxyl groups excluding tert-OH is 1. The Bertz CT molecular complexity index is 1070. The summed E-state index contributed by atoms with van der Waals surface area (Å²) in [5.74, 6) is 1.27. The van der Waals surface area contributed by atoms with Crippen LogP contribution in [0, 0.1) is 0 Å². The maximum Gasteiger partial charge on any atom is 0.257 e. The minimum atomic E-state index is -1.09. The molecule has 3 N–H and O–H groups in total. The molecular weight excluding hydrogens is 429 g/mol. The second-order valence-electron chi connectivity index (χ2n) is 9.78. The molecule has 10 nitrogen and oxygen atoms in total. The van der Waals surface area contributed by atoms with Gasteiger partial charge in [0.1, 0.15) is 17.6 Å². The number of nitrogens with zero attached hydrogens (tertiary/aromatic N) is 5. The zero-order valence-corrected chi connectivity index (χ0v) is 18.5. The van der Waals surface area contributed by atoms with E-state index >= 15 is 0 Å². The number of aromatic nitrogens is 4. The first kappa shape index (κ1) is 20.8. The number of rotatable bonds is 5. The number of aliphatic hydroxyl groups is 1. The summed E-state index contributed by atoms with van der Waals surface area (Å²) in [7, 11) is 1.85. The molecule has 4 aliphatic rings. The van der Waals surface area contributed by atoms with Gasteiger partial charge in [0, 0.05) is 37.1 Å². The number of carbonyl (C=O) groups excluding carboxylic acids is 1. The number of fused-ring (bicyclic) bond motifs is 2. The molecule has 2 aliphatic heterocycles. The second kappa shape index (κ2) is 7.63. The van der Waals surface area contributed by atoms with E-state index in [2.05, 4.69) is 20.5 Å². The molecule has 1 spiro atoms. The van der Waals surface area contributed by atoms with Crippen molar-refractivity contribution in [2.45, 2.75) is 68.4 Å². The average Bonchev–Trinajstić information content (AvgIpc) is 3.29. The molecule has 33 heavy (non-hydrogen) atoms. The lowest BCUT2D eigenvalue weighted by Gasteiger charge is -2.33. The quantitative estimate of drug-likeness (QED) is 0.620. The topological polar surface area (TPSA) is 120 Å². The summed E-state index contributed by atoms with van der Waals surface area (Å²) >= 11 is 0. The van der Waals surface area contributed by atoms with E-state index in [0.29, 0.717) is 37.0 Å². The van der Waals surface area contributed by atoms with Crippen molar-refractivity contribution in [3.63, 3.8) is 0 Å². The van der Waals surface area contributed by atoms with Gasteiger partial charge in [0.2, 0.25) is 11.9 Å². The zero-order valence-electron chi connectivity index (χ0n) is 18.5. The minimum absolute atomic E-state index is 0.0589. The first-order valence-electron chi connectivity index (χ1n) is 11.6. The summed E-state index contributed by atoms with van der Waals surface area (Å²) in [5, 5.41) is 20.2. The van der Waals surface area contributed by atoms with Gasteiger partial charge in [-0.15, -0.1) is 5.10 Å². The fourth-order valence-electron chi connectivity index (χ4n) is 5.46. The Morgan fingerprint density at radius 1 is 1.33 bits per heavy atom. The summed E-state index contributed by atoms with van der Waals surface area (Å²) in [6, 6.07) is -0.0589. The molecule has 1 amide bonds. The molecule has 4 atom stereocenters. The standard InChI is InChI=1S/C22H28FN7O3/c1-29-10-15(23)17(11-29)33-19-16(9-25-28-19)26-21-24-8-14-18(27-21)30(20(32)22(14)5-6-22)12-3-2-4-13(31)7-12/h8-9,12-13,15,17,31H,2-7,10-11H2,1H3,(H,25,28)(H,24,26,27)/t12-,13-,15+,17+/m1/s1. The van der Waals surface area contributed by atoms with Crippen LogP contribution >= 0.6 is 0 Å². The van der Waals surface area contributed by atoms with Gasteiger partial charge in [-0.05, 0) is 45.6 Å². The van der Waals surface area contributed by atoms with Gasteiger partial charge < -0.3 is 15.2 Å². The van der Waals surface area contributed by atoms with Crippen molar-refractivity contribution in [2.24, 2.45) is 0 Å². The van der Waals surface area contributed by atoms with Gasteiger partial charge in [0.25, 0.3) is 5.88 Å². The largest absolute Gasteiger partial charge is 0.467 e. The highest BCUT2D eigenvalue weighted by molar-refractivity contribution is 6.09. The number of carbonyl (C=O) groups is 1. The van der Waals surface area contributed by atoms with Crippen LogP contribution in [0.5, 0.6) is 5.88 Å². The van der Waals surface area contributed by atoms with E-state index in [1.165, 1.54) is 0 Å². The highest BCUT2D eigenvalue weighted by Gasteiger charge is 2.61. The van der Waals surface area contributed by atoms with E-state index in [0.717, 1.165) is 37.7 Å². The van der Waals surface area contributed by atoms with E-state index in [1.54, 1.807) is 17.3 Å². The van der Waals surface area contributed by atoms with E-state index < -0.39 is 23.8 Å². The highest BCUT2D eigenvalue weighted by Crippen LogP contribution is 2.57. The molecule has 2 aliphatic carbocycles. The summed E-state index contributed by atoms with van der Waals surface area (Å²) in [6.07, 6.45) is 5.95. The number of H-pyrrole nitrogens is 1. The molecule has 0 bridgehead atoms. The third-order valence-electron chi connectivity index (χ3n) is 7.37. The number of alkyl halides is 1. The van der Waals surface area contributed by atoms with E-state index in [-0.39, 0.29) is 17.8 Å². The van der Waals surface area contributed by atoms with E-state index in [1.807, 2.05) is 11.9 Å².